The van der Waals surface area contributed by atoms with Gasteiger partial charge in [0.1, 0.15) is 5.78 Å². The number of unbranched alkanes of at least 4 members (excludes halogenated alkanes) is 2. The van der Waals surface area contributed by atoms with Crippen molar-refractivity contribution >= 4 is 11.8 Å². The molecule has 172 valence electrons. The number of hydrogen-bond acceptors (Lipinski definition) is 6. The number of carbonyl (C=O) groups is 2. The average Bonchev–Trinajstić information content (AvgIpc) is 3.01. The van der Waals surface area contributed by atoms with Gasteiger partial charge in [0.15, 0.2) is 0 Å². The Morgan fingerprint density at radius 1 is 1.23 bits per heavy atom. The summed E-state index contributed by atoms with van der Waals surface area (Å²) in [5, 5.41) is 20.9. The van der Waals surface area contributed by atoms with E-state index in [9.17, 15) is 19.8 Å². The Hall–Kier alpha value is -2.02. The van der Waals surface area contributed by atoms with Gasteiger partial charge in [-0.05, 0) is 55.6 Å². The maximum absolute atomic E-state index is 12.4. The van der Waals surface area contributed by atoms with Gasteiger partial charge in [0.25, 0.3) is 0 Å². The number of esters is 1. The first kappa shape index (κ1) is 25.2. The highest BCUT2D eigenvalue weighted by atomic mass is 16.5. The number of aliphatic hydroxyl groups is 2. The molecule has 1 aliphatic rings. The first-order valence-electron chi connectivity index (χ1n) is 11.1. The van der Waals surface area contributed by atoms with Gasteiger partial charge in [0.2, 0.25) is 0 Å². The molecule has 2 N–H and O–H groups in total. The van der Waals surface area contributed by atoms with Crippen LogP contribution in [-0.4, -0.2) is 48.4 Å². The van der Waals surface area contributed by atoms with Crippen LogP contribution in [-0.2, 0) is 32.1 Å². The Kier molecular flexibility index (Phi) is 10.9. The zero-order chi connectivity index (χ0) is 22.6. The van der Waals surface area contributed by atoms with Gasteiger partial charge in [-0.3, -0.25) is 4.79 Å². The zero-order valence-electron chi connectivity index (χ0n) is 18.7. The third kappa shape index (κ3) is 8.56. The van der Waals surface area contributed by atoms with Crippen LogP contribution in [0.25, 0.3) is 0 Å². The molecule has 6 nitrogen and oxygen atoms in total. The van der Waals surface area contributed by atoms with E-state index in [1.807, 2.05) is 24.3 Å². The lowest BCUT2D eigenvalue weighted by molar-refractivity contribution is -0.134. The van der Waals surface area contributed by atoms with Crippen molar-refractivity contribution in [1.29, 1.82) is 0 Å². The van der Waals surface area contributed by atoms with Crippen molar-refractivity contribution in [2.24, 2.45) is 11.8 Å². The van der Waals surface area contributed by atoms with Crippen LogP contribution in [0.5, 0.6) is 0 Å². The highest BCUT2D eigenvalue weighted by molar-refractivity contribution is 5.84. The van der Waals surface area contributed by atoms with E-state index in [1.54, 1.807) is 13.2 Å². The molecule has 0 unspecified atom stereocenters. The van der Waals surface area contributed by atoms with Gasteiger partial charge in [-0.2, -0.15) is 0 Å². The number of methoxy groups -OCH3 is 2. The quantitative estimate of drug-likeness (QED) is 0.282. The Bertz CT molecular complexity index is 728. The number of aliphatic hydroxyl groups excluding tert-OH is 2. The van der Waals surface area contributed by atoms with Crippen molar-refractivity contribution in [3.8, 4) is 0 Å². The molecular weight excluding hydrogens is 396 g/mol. The number of Topliss-reactive ketones (excluding diaryl/α,β-unsaturated/α-hetero) is 1. The summed E-state index contributed by atoms with van der Waals surface area (Å²) in [7, 11) is 3.00. The SMILES string of the molecule is COCc1cccc(C[C@H](O)CC[C@H]2[C@H](O)CC(=O)[C@@H]2CCCC/C=C/C(=O)OC)c1. The molecule has 0 aliphatic heterocycles. The van der Waals surface area contributed by atoms with Crippen LogP contribution in [0.2, 0.25) is 0 Å². The molecule has 0 aromatic heterocycles. The molecule has 0 spiro atoms. The number of ketones is 1. The summed E-state index contributed by atoms with van der Waals surface area (Å²) in [6.45, 7) is 0.542. The Morgan fingerprint density at radius 2 is 2.00 bits per heavy atom. The van der Waals surface area contributed by atoms with Gasteiger partial charge >= 0.3 is 5.97 Å². The summed E-state index contributed by atoms with van der Waals surface area (Å²) in [5.74, 6) is -0.466. The fourth-order valence-corrected chi connectivity index (χ4v) is 4.43. The van der Waals surface area contributed by atoms with Crippen LogP contribution in [0.1, 0.15) is 56.1 Å². The Labute approximate surface area is 185 Å². The molecule has 31 heavy (non-hydrogen) atoms. The first-order valence-corrected chi connectivity index (χ1v) is 11.1. The van der Waals surface area contributed by atoms with Crippen LogP contribution in [0.15, 0.2) is 36.4 Å². The fraction of sp³-hybridized carbons (Fsp3) is 0.600. The lowest BCUT2D eigenvalue weighted by Crippen LogP contribution is -2.23. The van der Waals surface area contributed by atoms with Crippen LogP contribution in [0.3, 0.4) is 0 Å². The van der Waals surface area contributed by atoms with E-state index in [1.165, 1.54) is 13.2 Å². The van der Waals surface area contributed by atoms with Crippen molar-refractivity contribution in [2.75, 3.05) is 14.2 Å². The number of ether oxygens (including phenoxy) is 2. The van der Waals surface area contributed by atoms with Gasteiger partial charge in [-0.25, -0.2) is 4.79 Å². The number of hydrogen-bond donors (Lipinski definition) is 2. The standard InChI is InChI=1S/C25H36O6/c1-30-17-19-9-7-8-18(14-19)15-20(26)12-13-22-21(23(27)16-24(22)28)10-5-3-4-6-11-25(29)31-2/h6-9,11,14,20-22,24,26,28H,3-5,10,12-13,15-17H2,1-2H3/b11-6+/t20-,21-,22-,24-/m1/s1. The second-order valence-corrected chi connectivity index (χ2v) is 8.41. The third-order valence-electron chi connectivity index (χ3n) is 6.03. The third-order valence-corrected chi connectivity index (χ3v) is 6.03. The maximum atomic E-state index is 12.4. The summed E-state index contributed by atoms with van der Waals surface area (Å²) < 4.78 is 9.71. The number of rotatable bonds is 13. The average molecular weight is 433 g/mol. The monoisotopic (exact) mass is 432 g/mol. The van der Waals surface area contributed by atoms with Crippen LogP contribution >= 0.6 is 0 Å². The van der Waals surface area contributed by atoms with Crippen LogP contribution in [0, 0.1) is 11.8 Å². The van der Waals surface area contributed by atoms with Crippen LogP contribution < -0.4 is 0 Å². The lowest BCUT2D eigenvalue weighted by Gasteiger charge is -2.22. The summed E-state index contributed by atoms with van der Waals surface area (Å²) in [4.78, 5) is 23.4. The highest BCUT2D eigenvalue weighted by Crippen LogP contribution is 2.36. The largest absolute Gasteiger partial charge is 0.466 e. The predicted molar refractivity (Wildman–Crippen MR) is 118 cm³/mol. The van der Waals surface area contributed by atoms with E-state index < -0.39 is 12.2 Å². The molecule has 2 rings (SSSR count). The molecule has 0 amide bonds. The zero-order valence-corrected chi connectivity index (χ0v) is 18.7. The number of benzene rings is 1. The minimum absolute atomic E-state index is 0.0902. The molecule has 1 aliphatic carbocycles. The molecule has 0 radical (unpaired) electrons. The number of allylic oxidation sites excluding steroid dienone is 1. The summed E-state index contributed by atoms with van der Waals surface area (Å²) in [5.41, 5.74) is 2.13. The van der Waals surface area contributed by atoms with Gasteiger partial charge in [-0.15, -0.1) is 0 Å². The van der Waals surface area contributed by atoms with Crippen molar-refractivity contribution < 1.29 is 29.3 Å². The summed E-state index contributed by atoms with van der Waals surface area (Å²) in [6, 6.07) is 7.99. The van der Waals surface area contributed by atoms with Crippen molar-refractivity contribution in [2.45, 2.75) is 70.2 Å². The minimum Gasteiger partial charge on any atom is -0.466 e. The van der Waals surface area contributed by atoms with E-state index in [-0.39, 0.29) is 30.0 Å². The second kappa shape index (κ2) is 13.4. The highest BCUT2D eigenvalue weighted by Gasteiger charge is 2.40. The molecule has 1 aromatic rings. The molecule has 4 atom stereocenters. The summed E-state index contributed by atoms with van der Waals surface area (Å²) >= 11 is 0. The van der Waals surface area contributed by atoms with E-state index in [4.69, 9.17) is 4.74 Å². The van der Waals surface area contributed by atoms with E-state index >= 15 is 0 Å². The van der Waals surface area contributed by atoms with Gasteiger partial charge in [0, 0.05) is 25.5 Å². The lowest BCUT2D eigenvalue weighted by atomic mass is 9.85. The molecule has 0 heterocycles. The van der Waals surface area contributed by atoms with Crippen molar-refractivity contribution in [3.05, 3.63) is 47.5 Å². The molecular formula is C25H36O6. The molecule has 1 aromatic carbocycles. The number of carbonyl (C=O) groups excluding carboxylic acids is 2. The second-order valence-electron chi connectivity index (χ2n) is 8.41. The van der Waals surface area contributed by atoms with Crippen LogP contribution in [0.4, 0.5) is 0 Å². The first-order chi connectivity index (χ1) is 14.9. The Morgan fingerprint density at radius 3 is 2.74 bits per heavy atom. The van der Waals surface area contributed by atoms with E-state index in [2.05, 4.69) is 4.74 Å². The smallest absolute Gasteiger partial charge is 0.330 e. The molecule has 0 bridgehead atoms. The predicted octanol–water partition coefficient (Wildman–Crippen LogP) is 3.37. The minimum atomic E-state index is -0.617. The molecule has 6 heteroatoms. The van der Waals surface area contributed by atoms with Gasteiger partial charge in [0.05, 0.1) is 25.9 Å². The maximum Gasteiger partial charge on any atom is 0.330 e. The van der Waals surface area contributed by atoms with Gasteiger partial charge in [-0.1, -0.05) is 36.8 Å². The summed E-state index contributed by atoms with van der Waals surface area (Å²) in [6.07, 6.45) is 7.26. The fourth-order valence-electron chi connectivity index (χ4n) is 4.43. The van der Waals surface area contributed by atoms with E-state index in [0.29, 0.717) is 25.9 Å². The van der Waals surface area contributed by atoms with Crippen molar-refractivity contribution in [3.63, 3.8) is 0 Å². The Balaban J connectivity index is 1.79. The molecule has 1 fully saturated rings. The topological polar surface area (TPSA) is 93.1 Å². The van der Waals surface area contributed by atoms with Gasteiger partial charge < -0.3 is 19.7 Å². The van der Waals surface area contributed by atoms with E-state index in [0.717, 1.165) is 36.8 Å². The van der Waals surface area contributed by atoms with Crippen molar-refractivity contribution in [1.82, 2.24) is 0 Å². The normalized spacial score (nSPS) is 22.2. The molecule has 1 saturated carbocycles. The molecule has 0 saturated heterocycles.